The van der Waals surface area contributed by atoms with E-state index in [0.717, 1.165) is 68.6 Å². The summed E-state index contributed by atoms with van der Waals surface area (Å²) in [5, 5.41) is 20.4. The molecule has 75 heavy (non-hydrogen) atoms. The Hall–Kier alpha value is -7.06. The normalized spacial score (nSPS) is 16.5. The molecule has 3 aliphatic heterocycles. The number of nitrogens with zero attached hydrogens (tertiary/aromatic N) is 4. The first-order valence-corrected chi connectivity index (χ1v) is 26.2. The van der Waals surface area contributed by atoms with Gasteiger partial charge in [-0.25, -0.2) is 4.99 Å². The van der Waals surface area contributed by atoms with Crippen LogP contribution in [0.5, 0.6) is 5.75 Å². The van der Waals surface area contributed by atoms with Gasteiger partial charge in [0.05, 0.1) is 38.6 Å². The molecule has 0 aliphatic carbocycles. The number of carbonyl (C=O) groups is 5. The summed E-state index contributed by atoms with van der Waals surface area (Å²) < 4.78 is 23.0. The lowest BCUT2D eigenvalue weighted by atomic mass is 9.85. The Morgan fingerprint density at radius 2 is 1.48 bits per heavy atom. The van der Waals surface area contributed by atoms with Gasteiger partial charge >= 0.3 is 0 Å². The average Bonchev–Trinajstić information content (AvgIpc) is 3.76. The van der Waals surface area contributed by atoms with Crippen LogP contribution >= 0.6 is 0 Å². The van der Waals surface area contributed by atoms with Crippen LogP contribution in [0.25, 0.3) is 0 Å². The maximum atomic E-state index is 13.3. The average molecular weight is 1030 g/mol. The van der Waals surface area contributed by atoms with Crippen LogP contribution in [0.1, 0.15) is 114 Å². The zero-order valence-corrected chi connectivity index (χ0v) is 43.0. The van der Waals surface area contributed by atoms with Crippen LogP contribution in [0.15, 0.2) is 96.2 Å². The number of likely N-dealkylation sites (tertiary alicyclic amines) is 1. The van der Waals surface area contributed by atoms with Crippen LogP contribution < -0.4 is 31.7 Å². The van der Waals surface area contributed by atoms with Gasteiger partial charge in [0.2, 0.25) is 17.7 Å². The van der Waals surface area contributed by atoms with Crippen molar-refractivity contribution in [2.75, 3.05) is 77.0 Å². The summed E-state index contributed by atoms with van der Waals surface area (Å²) in [6.45, 7) is 6.07. The second kappa shape index (κ2) is 28.6. The number of amidine groups is 2. The summed E-state index contributed by atoms with van der Waals surface area (Å²) in [5.41, 5.74) is 10.6. The molecule has 19 heteroatoms. The van der Waals surface area contributed by atoms with E-state index in [-0.39, 0.29) is 48.9 Å². The fourth-order valence-electron chi connectivity index (χ4n) is 9.22. The van der Waals surface area contributed by atoms with E-state index >= 15 is 0 Å². The first-order valence-electron chi connectivity index (χ1n) is 26.2. The molecule has 2 saturated heterocycles. The summed E-state index contributed by atoms with van der Waals surface area (Å²) in [5.74, 6) is -0.205. The Morgan fingerprint density at radius 1 is 0.813 bits per heavy atom. The van der Waals surface area contributed by atoms with Crippen molar-refractivity contribution in [3.8, 4) is 5.75 Å². The lowest BCUT2D eigenvalue weighted by molar-refractivity contribution is -0.137. The molecule has 0 spiro atoms. The van der Waals surface area contributed by atoms with E-state index in [1.807, 2.05) is 42.5 Å². The fourth-order valence-corrected chi connectivity index (χ4v) is 9.22. The highest BCUT2D eigenvalue weighted by Gasteiger charge is 2.40. The number of unbranched alkanes of at least 4 members (excludes halogenated alkanes) is 5. The van der Waals surface area contributed by atoms with Crippen molar-refractivity contribution >= 4 is 52.6 Å². The Balaban J connectivity index is 0.664. The lowest BCUT2D eigenvalue weighted by Gasteiger charge is -2.41. The molecule has 3 aliphatic rings. The van der Waals surface area contributed by atoms with E-state index in [4.69, 9.17) is 30.1 Å². The fraction of sp³-hybridized carbons (Fsp3) is 0.464. The third kappa shape index (κ3) is 16.7. The maximum absolute atomic E-state index is 13.3. The predicted molar refractivity (Wildman–Crippen MR) is 286 cm³/mol. The van der Waals surface area contributed by atoms with Crippen molar-refractivity contribution in [2.45, 2.75) is 102 Å². The number of anilines is 2. The molecule has 1 unspecified atom stereocenters. The van der Waals surface area contributed by atoms with Crippen molar-refractivity contribution in [1.82, 2.24) is 25.4 Å². The molecule has 1 atom stereocenters. The molecular weight excluding hydrogens is 957 g/mol. The smallest absolute Gasteiger partial charge is 0.255 e. The van der Waals surface area contributed by atoms with Crippen molar-refractivity contribution in [1.29, 1.82) is 5.41 Å². The van der Waals surface area contributed by atoms with Gasteiger partial charge in [0, 0.05) is 98.3 Å². The number of hydrogen-bond acceptors (Lipinski definition) is 13. The number of aromatic nitrogens is 1. The summed E-state index contributed by atoms with van der Waals surface area (Å²) in [6, 6.07) is 23.1. The number of piperidine rings is 2. The van der Waals surface area contributed by atoms with Crippen LogP contribution in [-0.4, -0.2) is 134 Å². The van der Waals surface area contributed by atoms with E-state index in [1.165, 1.54) is 4.90 Å². The molecule has 19 nitrogen and oxygen atoms in total. The highest BCUT2D eigenvalue weighted by atomic mass is 16.5. The lowest BCUT2D eigenvalue weighted by Crippen LogP contribution is -2.56. The Kier molecular flexibility index (Phi) is 21.2. The Morgan fingerprint density at radius 3 is 2.19 bits per heavy atom. The zero-order valence-electron chi connectivity index (χ0n) is 43.0. The van der Waals surface area contributed by atoms with E-state index in [0.29, 0.717) is 112 Å². The van der Waals surface area contributed by atoms with E-state index in [9.17, 15) is 24.0 Å². The van der Waals surface area contributed by atoms with Crippen molar-refractivity contribution in [3.05, 3.63) is 119 Å². The first-order chi connectivity index (χ1) is 36.5. The number of benzene rings is 3. The van der Waals surface area contributed by atoms with Gasteiger partial charge in [-0.3, -0.25) is 39.7 Å². The minimum absolute atomic E-state index is 0.0725. The number of fused-ring (bicyclic) bond motifs is 1. The van der Waals surface area contributed by atoms with E-state index < -0.39 is 17.5 Å². The molecule has 4 heterocycles. The van der Waals surface area contributed by atoms with Crippen LogP contribution in [-0.2, 0) is 41.7 Å². The van der Waals surface area contributed by atoms with E-state index in [2.05, 4.69) is 43.2 Å². The number of aliphatic imine (C=N–C) groups is 1. The molecule has 5 amide bonds. The molecule has 7 rings (SSSR count). The molecule has 0 saturated carbocycles. The van der Waals surface area contributed by atoms with Gasteiger partial charge in [-0.1, -0.05) is 37.1 Å². The summed E-state index contributed by atoms with van der Waals surface area (Å²) in [7, 11) is 2.07. The summed E-state index contributed by atoms with van der Waals surface area (Å²) in [6.07, 6.45) is 11.8. The first kappa shape index (κ1) is 55.7. The van der Waals surface area contributed by atoms with Crippen molar-refractivity contribution < 1.29 is 42.9 Å². The van der Waals surface area contributed by atoms with Crippen LogP contribution in [0.2, 0.25) is 0 Å². The number of hydrogen-bond donors (Lipinski definition) is 6. The number of ether oxygens (including phenoxy) is 4. The highest BCUT2D eigenvalue weighted by Crippen LogP contribution is 2.33. The zero-order chi connectivity index (χ0) is 52.8. The van der Waals surface area contributed by atoms with Crippen molar-refractivity contribution in [2.24, 2.45) is 10.7 Å². The third-order valence-electron chi connectivity index (χ3n) is 13.6. The molecule has 2 fully saturated rings. The second-order valence-electron chi connectivity index (χ2n) is 19.2. The SMILES string of the molecule is CN1CCC(Nc2cccc(C(=O)NCc3ccc(OCCCCCCOCCOCCOCCCCCC(=O)Nc4cccc5c4CN(C4CCC(=O)NC4=O)C5=O)cc3)c2)(C(N)=NC(=N)c2ccncc2)CC1. The predicted octanol–water partition coefficient (Wildman–Crippen LogP) is 6.22. The molecule has 400 valence electrons. The summed E-state index contributed by atoms with van der Waals surface area (Å²) in [4.78, 5) is 75.3. The van der Waals surface area contributed by atoms with Gasteiger partial charge in [0.25, 0.3) is 11.8 Å². The van der Waals surface area contributed by atoms with Crippen molar-refractivity contribution in [3.63, 3.8) is 0 Å². The number of pyridine rings is 1. The number of nitrogens with one attached hydrogen (secondary N) is 5. The second-order valence-corrected chi connectivity index (χ2v) is 19.2. The van der Waals surface area contributed by atoms with E-state index in [1.54, 1.807) is 48.8 Å². The molecule has 3 aromatic carbocycles. The Bertz CT molecular complexity index is 2590. The van der Waals surface area contributed by atoms with Gasteiger partial charge in [0.1, 0.15) is 17.6 Å². The highest BCUT2D eigenvalue weighted by molar-refractivity contribution is 6.08. The van der Waals surface area contributed by atoms with Gasteiger partial charge in [0.15, 0.2) is 5.84 Å². The number of rotatable bonds is 29. The molecule has 1 aromatic heterocycles. The summed E-state index contributed by atoms with van der Waals surface area (Å²) >= 11 is 0. The van der Waals surface area contributed by atoms with Gasteiger partial charge in [-0.05, 0) is 119 Å². The van der Waals surface area contributed by atoms with Gasteiger partial charge in [-0.15, -0.1) is 0 Å². The monoisotopic (exact) mass is 1030 g/mol. The van der Waals surface area contributed by atoms with Gasteiger partial charge in [-0.2, -0.15) is 0 Å². The minimum atomic E-state index is -0.707. The Labute approximate surface area is 439 Å². The molecule has 4 aromatic rings. The molecule has 0 bridgehead atoms. The largest absolute Gasteiger partial charge is 0.494 e. The quantitative estimate of drug-likeness (QED) is 0.0153. The topological polar surface area (TPSA) is 252 Å². The molecule has 7 N–H and O–H groups in total. The van der Waals surface area contributed by atoms with Gasteiger partial charge < -0.3 is 50.4 Å². The number of carbonyl (C=O) groups excluding carboxylic acids is 5. The maximum Gasteiger partial charge on any atom is 0.255 e. The van der Waals surface area contributed by atoms with Crippen LogP contribution in [0.3, 0.4) is 0 Å². The molecular formula is C56H72N10O9. The molecule has 0 radical (unpaired) electrons. The van der Waals surface area contributed by atoms with Crippen LogP contribution in [0.4, 0.5) is 11.4 Å². The number of amides is 5. The van der Waals surface area contributed by atoms with Crippen LogP contribution in [0, 0.1) is 5.41 Å². The standard InChI is InChI=1S/C56H72N10O9/c1-65-28-24-56(25-29-65,55(58)63-51(57)41-22-26-59-27-23-41)64-43-12-9-11-42(37-43)52(69)60-38-40-16-18-44(19-17-40)75-32-8-3-2-6-30-72-33-35-74-36-34-73-31-7-4-5-15-49(67)61-47-14-10-13-45-46(47)39-66(54(45)71)48-20-21-50(68)62-53(48)70/h9-14,16-19,22-23,26-27,37,48,64H,2-8,15,20-21,24-25,28-36,38-39H2,1H3,(H,60,69)(H,61,67)(H3,57,58,63)(H,62,68,70). The number of nitrogens with two attached hydrogens (primary N) is 1. The minimum Gasteiger partial charge on any atom is -0.494 e. The number of imide groups is 1. The third-order valence-corrected chi connectivity index (χ3v) is 13.6.